The van der Waals surface area contributed by atoms with Gasteiger partial charge in [-0.15, -0.1) is 11.3 Å². The molecule has 0 saturated carbocycles. The van der Waals surface area contributed by atoms with Gasteiger partial charge in [-0.3, -0.25) is 4.79 Å². The summed E-state index contributed by atoms with van der Waals surface area (Å²) in [5.41, 5.74) is 1.11. The summed E-state index contributed by atoms with van der Waals surface area (Å²) in [5.74, 6) is -0.504. The first-order valence-electron chi connectivity index (χ1n) is 9.31. The molecule has 0 fully saturated rings. The molecule has 1 aromatic carbocycles. The number of hydrogen-bond donors (Lipinski definition) is 2. The van der Waals surface area contributed by atoms with E-state index in [2.05, 4.69) is 10.0 Å². The SMILES string of the molecule is CC(OCCCNC(=O)C(NS(=O)(=O)c1cccs1)C(C)C)c1ccccc1. The topological polar surface area (TPSA) is 84.5 Å². The number of carbonyl (C=O) groups is 1. The van der Waals surface area contributed by atoms with E-state index >= 15 is 0 Å². The van der Waals surface area contributed by atoms with Crippen molar-refractivity contribution in [2.24, 2.45) is 5.92 Å². The second kappa shape index (κ2) is 10.7. The van der Waals surface area contributed by atoms with Crippen molar-refractivity contribution in [2.75, 3.05) is 13.2 Å². The van der Waals surface area contributed by atoms with Gasteiger partial charge in [-0.2, -0.15) is 4.72 Å². The van der Waals surface area contributed by atoms with E-state index < -0.39 is 16.1 Å². The van der Waals surface area contributed by atoms with Gasteiger partial charge in [0.1, 0.15) is 10.3 Å². The van der Waals surface area contributed by atoms with E-state index in [0.717, 1.165) is 16.9 Å². The Balaban J connectivity index is 1.78. The highest BCUT2D eigenvalue weighted by molar-refractivity contribution is 7.91. The van der Waals surface area contributed by atoms with Crippen molar-refractivity contribution in [3.63, 3.8) is 0 Å². The van der Waals surface area contributed by atoms with Gasteiger partial charge < -0.3 is 10.1 Å². The summed E-state index contributed by atoms with van der Waals surface area (Å²) in [6.07, 6.45) is 0.628. The molecule has 0 bridgehead atoms. The Labute approximate surface area is 171 Å². The van der Waals surface area contributed by atoms with Crippen molar-refractivity contribution in [1.29, 1.82) is 0 Å². The molecule has 1 amide bonds. The fourth-order valence-corrected chi connectivity index (χ4v) is 4.96. The van der Waals surface area contributed by atoms with Crippen molar-refractivity contribution in [3.05, 3.63) is 53.4 Å². The maximum Gasteiger partial charge on any atom is 0.250 e. The number of rotatable bonds is 11. The van der Waals surface area contributed by atoms with Gasteiger partial charge in [-0.1, -0.05) is 50.2 Å². The van der Waals surface area contributed by atoms with Crippen molar-refractivity contribution >= 4 is 27.3 Å². The standard InChI is InChI=1S/C20H28N2O4S2/c1-15(2)19(22-28(24,25)18-11-7-14-27-18)20(23)21-12-8-13-26-16(3)17-9-5-4-6-10-17/h4-7,9-11,14-16,19,22H,8,12-13H2,1-3H3,(H,21,23). The molecule has 154 valence electrons. The van der Waals surface area contributed by atoms with Gasteiger partial charge in [-0.05, 0) is 36.3 Å². The molecule has 0 aliphatic rings. The van der Waals surface area contributed by atoms with Crippen LogP contribution in [0.4, 0.5) is 0 Å². The molecule has 1 aromatic heterocycles. The van der Waals surface area contributed by atoms with E-state index in [4.69, 9.17) is 4.74 Å². The van der Waals surface area contributed by atoms with Crippen LogP contribution in [0.3, 0.4) is 0 Å². The normalized spacial score (nSPS) is 14.0. The van der Waals surface area contributed by atoms with E-state index in [1.54, 1.807) is 11.4 Å². The molecule has 2 N–H and O–H groups in total. The highest BCUT2D eigenvalue weighted by Gasteiger charge is 2.28. The number of hydrogen-bond acceptors (Lipinski definition) is 5. The Kier molecular flexibility index (Phi) is 8.62. The van der Waals surface area contributed by atoms with Gasteiger partial charge in [0.2, 0.25) is 5.91 Å². The second-order valence-electron chi connectivity index (χ2n) is 6.84. The maximum atomic E-state index is 12.5. The third-order valence-electron chi connectivity index (χ3n) is 4.25. The van der Waals surface area contributed by atoms with Gasteiger partial charge in [0, 0.05) is 13.2 Å². The summed E-state index contributed by atoms with van der Waals surface area (Å²) < 4.78 is 33.3. The van der Waals surface area contributed by atoms with Crippen LogP contribution in [0.1, 0.15) is 38.9 Å². The third kappa shape index (κ3) is 6.70. The fraction of sp³-hybridized carbons (Fsp3) is 0.450. The lowest BCUT2D eigenvalue weighted by Gasteiger charge is -2.21. The van der Waals surface area contributed by atoms with Crippen LogP contribution in [-0.2, 0) is 19.6 Å². The Morgan fingerprint density at radius 3 is 2.43 bits per heavy atom. The first-order chi connectivity index (χ1) is 13.3. The molecule has 0 spiro atoms. The number of nitrogens with one attached hydrogen (secondary N) is 2. The van der Waals surface area contributed by atoms with Crippen molar-refractivity contribution in [3.8, 4) is 0 Å². The van der Waals surface area contributed by atoms with Crippen LogP contribution in [-0.4, -0.2) is 33.5 Å². The summed E-state index contributed by atoms with van der Waals surface area (Å²) in [7, 11) is -3.70. The number of benzene rings is 1. The fourth-order valence-electron chi connectivity index (χ4n) is 2.61. The van der Waals surface area contributed by atoms with Crippen LogP contribution in [0.5, 0.6) is 0 Å². The molecule has 0 saturated heterocycles. The van der Waals surface area contributed by atoms with Crippen molar-refractivity contribution in [1.82, 2.24) is 10.0 Å². The van der Waals surface area contributed by atoms with E-state index in [-0.39, 0.29) is 22.1 Å². The Hall–Kier alpha value is -1.74. The van der Waals surface area contributed by atoms with Gasteiger partial charge in [0.05, 0.1) is 6.10 Å². The van der Waals surface area contributed by atoms with E-state index in [1.807, 2.05) is 51.1 Å². The van der Waals surface area contributed by atoms with Crippen molar-refractivity contribution in [2.45, 2.75) is 43.5 Å². The molecule has 0 radical (unpaired) electrons. The van der Waals surface area contributed by atoms with E-state index in [0.29, 0.717) is 19.6 Å². The molecular formula is C20H28N2O4S2. The Morgan fingerprint density at radius 2 is 1.82 bits per heavy atom. The molecular weight excluding hydrogens is 396 g/mol. The van der Waals surface area contributed by atoms with Crippen LogP contribution < -0.4 is 10.0 Å². The zero-order valence-electron chi connectivity index (χ0n) is 16.4. The number of amides is 1. The monoisotopic (exact) mass is 424 g/mol. The number of carbonyl (C=O) groups excluding carboxylic acids is 1. The zero-order chi connectivity index (χ0) is 20.6. The Morgan fingerprint density at radius 1 is 1.11 bits per heavy atom. The lowest BCUT2D eigenvalue weighted by molar-refractivity contribution is -0.123. The summed E-state index contributed by atoms with van der Waals surface area (Å²) in [4.78, 5) is 12.5. The summed E-state index contributed by atoms with van der Waals surface area (Å²) in [5, 5.41) is 4.49. The molecule has 1 heterocycles. The first-order valence-corrected chi connectivity index (χ1v) is 11.7. The third-order valence-corrected chi connectivity index (χ3v) is 7.09. The molecule has 2 rings (SSSR count). The molecule has 2 atom stereocenters. The quantitative estimate of drug-likeness (QED) is 0.542. The highest BCUT2D eigenvalue weighted by atomic mass is 32.2. The lowest BCUT2D eigenvalue weighted by Crippen LogP contribution is -2.49. The first kappa shape index (κ1) is 22.5. The van der Waals surface area contributed by atoms with Crippen LogP contribution in [0.25, 0.3) is 0 Å². The second-order valence-corrected chi connectivity index (χ2v) is 9.73. The Bertz CT molecular complexity index is 821. The van der Waals surface area contributed by atoms with E-state index in [1.165, 1.54) is 6.07 Å². The minimum atomic E-state index is -3.70. The molecule has 2 aromatic rings. The van der Waals surface area contributed by atoms with Gasteiger partial charge in [0.15, 0.2) is 0 Å². The smallest absolute Gasteiger partial charge is 0.250 e. The minimum absolute atomic E-state index is 0.0158. The van der Waals surface area contributed by atoms with Crippen molar-refractivity contribution < 1.29 is 17.9 Å². The molecule has 6 nitrogen and oxygen atoms in total. The van der Waals surface area contributed by atoms with E-state index in [9.17, 15) is 13.2 Å². The van der Waals surface area contributed by atoms with Gasteiger partial charge >= 0.3 is 0 Å². The van der Waals surface area contributed by atoms with Crippen LogP contribution in [0.15, 0.2) is 52.1 Å². The summed E-state index contributed by atoms with van der Waals surface area (Å²) in [6, 6.07) is 12.3. The zero-order valence-corrected chi connectivity index (χ0v) is 18.1. The van der Waals surface area contributed by atoms with Crippen LogP contribution in [0.2, 0.25) is 0 Å². The van der Waals surface area contributed by atoms with Crippen LogP contribution >= 0.6 is 11.3 Å². The molecule has 2 unspecified atom stereocenters. The minimum Gasteiger partial charge on any atom is -0.374 e. The predicted molar refractivity (Wildman–Crippen MR) is 112 cm³/mol. The largest absolute Gasteiger partial charge is 0.374 e. The highest BCUT2D eigenvalue weighted by Crippen LogP contribution is 2.18. The average molecular weight is 425 g/mol. The molecule has 28 heavy (non-hydrogen) atoms. The van der Waals surface area contributed by atoms with Crippen LogP contribution in [0, 0.1) is 5.92 Å². The average Bonchev–Trinajstić information content (AvgIpc) is 3.22. The van der Waals surface area contributed by atoms with Gasteiger partial charge in [0.25, 0.3) is 10.0 Å². The lowest BCUT2D eigenvalue weighted by atomic mass is 10.1. The molecule has 0 aliphatic heterocycles. The van der Waals surface area contributed by atoms with Gasteiger partial charge in [-0.25, -0.2) is 8.42 Å². The molecule has 0 aliphatic carbocycles. The molecule has 8 heteroatoms. The predicted octanol–water partition coefficient (Wildman–Crippen LogP) is 3.34. The number of ether oxygens (including phenoxy) is 1. The number of thiophene rings is 1. The summed E-state index contributed by atoms with van der Waals surface area (Å²) in [6.45, 7) is 6.54. The maximum absolute atomic E-state index is 12.5. The summed E-state index contributed by atoms with van der Waals surface area (Å²) >= 11 is 1.12. The number of sulfonamides is 1.